The van der Waals surface area contributed by atoms with Crippen molar-refractivity contribution in [1.29, 1.82) is 0 Å². The molecule has 3 heteroatoms. The molecule has 2 aliphatic rings. The van der Waals surface area contributed by atoms with Gasteiger partial charge in [-0.25, -0.2) is 0 Å². The van der Waals surface area contributed by atoms with Crippen molar-refractivity contribution in [3.63, 3.8) is 0 Å². The van der Waals surface area contributed by atoms with Crippen molar-refractivity contribution in [1.82, 2.24) is 10.2 Å². The summed E-state index contributed by atoms with van der Waals surface area (Å²) in [5.41, 5.74) is 0. The first-order valence-electron chi connectivity index (χ1n) is 4.77. The maximum absolute atomic E-state index is 11.2. The normalized spacial score (nSPS) is 37.2. The van der Waals surface area contributed by atoms with E-state index in [1.54, 1.807) is 0 Å². The lowest BCUT2D eigenvalue weighted by atomic mass is 9.88. The Hall–Kier alpha value is -0.570. The van der Waals surface area contributed by atoms with Gasteiger partial charge in [0.1, 0.15) is 0 Å². The lowest BCUT2D eigenvalue weighted by Gasteiger charge is -2.42. The molecule has 1 aliphatic carbocycles. The minimum atomic E-state index is 0.195. The summed E-state index contributed by atoms with van der Waals surface area (Å²) >= 11 is 0. The van der Waals surface area contributed by atoms with E-state index in [0.717, 1.165) is 0 Å². The second-order valence-electron chi connectivity index (χ2n) is 3.94. The Morgan fingerprint density at radius 2 is 2.17 bits per heavy atom. The number of piperazine rings is 1. The number of hydrogen-bond donors (Lipinski definition) is 1. The zero-order valence-electron chi connectivity index (χ0n) is 7.55. The third-order valence-electron chi connectivity index (χ3n) is 3.04. The number of amides is 1. The molecular formula is C9H16N2O. The van der Waals surface area contributed by atoms with Crippen LogP contribution in [-0.2, 0) is 4.79 Å². The topological polar surface area (TPSA) is 32.3 Å². The molecule has 0 bridgehead atoms. The molecule has 0 aromatic carbocycles. The maximum Gasteiger partial charge on any atom is 0.234 e. The number of nitrogens with one attached hydrogen (secondary N) is 1. The summed E-state index contributed by atoms with van der Waals surface area (Å²) < 4.78 is 0. The van der Waals surface area contributed by atoms with Crippen LogP contribution in [0.1, 0.15) is 25.7 Å². The van der Waals surface area contributed by atoms with Crippen LogP contribution in [0, 0.1) is 0 Å². The molecule has 1 amide bonds. The molecule has 2 rings (SSSR count). The van der Waals surface area contributed by atoms with Gasteiger partial charge in [-0.3, -0.25) is 9.69 Å². The lowest BCUT2D eigenvalue weighted by Crippen LogP contribution is -2.60. The van der Waals surface area contributed by atoms with Crippen molar-refractivity contribution in [2.24, 2.45) is 0 Å². The zero-order valence-corrected chi connectivity index (χ0v) is 7.55. The summed E-state index contributed by atoms with van der Waals surface area (Å²) in [6, 6.07) is 1.04. The number of fused-ring (bicyclic) bond motifs is 1. The molecule has 2 fully saturated rings. The van der Waals surface area contributed by atoms with Crippen LogP contribution in [0.2, 0.25) is 0 Å². The quantitative estimate of drug-likeness (QED) is 0.566. The van der Waals surface area contributed by atoms with Crippen LogP contribution in [0.4, 0.5) is 0 Å². The molecule has 3 nitrogen and oxygen atoms in total. The number of rotatable bonds is 0. The Kier molecular flexibility index (Phi) is 2.05. The highest BCUT2D eigenvalue weighted by Crippen LogP contribution is 2.24. The molecule has 1 saturated carbocycles. The number of nitrogens with zero attached hydrogens (tertiary/aromatic N) is 1. The van der Waals surface area contributed by atoms with E-state index in [9.17, 15) is 4.79 Å². The van der Waals surface area contributed by atoms with Gasteiger partial charge in [0.2, 0.25) is 5.91 Å². The van der Waals surface area contributed by atoms with Crippen molar-refractivity contribution in [2.45, 2.75) is 37.8 Å². The SMILES string of the molecule is CN1CC(=O)N[C@@H]2CCCC[C@H]21. The molecule has 1 aliphatic heterocycles. The Balaban J connectivity index is 2.06. The predicted octanol–water partition coefficient (Wildman–Crippen LogP) is 0.359. The number of carbonyl (C=O) groups is 1. The fourth-order valence-electron chi connectivity index (χ4n) is 2.40. The number of carbonyl (C=O) groups excluding carboxylic acids is 1. The Morgan fingerprint density at radius 1 is 1.42 bits per heavy atom. The fraction of sp³-hybridized carbons (Fsp3) is 0.889. The van der Waals surface area contributed by atoms with Crippen molar-refractivity contribution >= 4 is 5.91 Å². The average molecular weight is 168 g/mol. The maximum atomic E-state index is 11.2. The van der Waals surface area contributed by atoms with E-state index in [2.05, 4.69) is 17.3 Å². The molecule has 0 aromatic rings. The van der Waals surface area contributed by atoms with Crippen LogP contribution in [0.15, 0.2) is 0 Å². The molecule has 1 heterocycles. The van der Waals surface area contributed by atoms with Crippen molar-refractivity contribution < 1.29 is 4.79 Å². The van der Waals surface area contributed by atoms with Crippen molar-refractivity contribution in [3.8, 4) is 0 Å². The Morgan fingerprint density at radius 3 is 3.00 bits per heavy atom. The molecular weight excluding hydrogens is 152 g/mol. The smallest absolute Gasteiger partial charge is 0.234 e. The molecule has 1 saturated heterocycles. The summed E-state index contributed by atoms with van der Waals surface area (Å²) in [5.74, 6) is 0.195. The summed E-state index contributed by atoms with van der Waals surface area (Å²) in [5, 5.41) is 3.07. The van der Waals surface area contributed by atoms with Crippen LogP contribution in [0.5, 0.6) is 0 Å². The first-order chi connectivity index (χ1) is 5.77. The molecule has 0 radical (unpaired) electrons. The second kappa shape index (κ2) is 3.05. The summed E-state index contributed by atoms with van der Waals surface area (Å²) in [6.45, 7) is 0.584. The van der Waals surface area contributed by atoms with Crippen LogP contribution in [0.25, 0.3) is 0 Å². The van der Waals surface area contributed by atoms with Gasteiger partial charge < -0.3 is 5.32 Å². The van der Waals surface area contributed by atoms with Crippen molar-refractivity contribution in [3.05, 3.63) is 0 Å². The van der Waals surface area contributed by atoms with Gasteiger partial charge in [-0.15, -0.1) is 0 Å². The van der Waals surface area contributed by atoms with E-state index in [0.29, 0.717) is 18.6 Å². The van der Waals surface area contributed by atoms with Gasteiger partial charge in [-0.1, -0.05) is 12.8 Å². The minimum absolute atomic E-state index is 0.195. The lowest BCUT2D eigenvalue weighted by molar-refractivity contribution is -0.127. The highest BCUT2D eigenvalue weighted by Gasteiger charge is 2.33. The van der Waals surface area contributed by atoms with E-state index in [4.69, 9.17) is 0 Å². The van der Waals surface area contributed by atoms with Gasteiger partial charge >= 0.3 is 0 Å². The van der Waals surface area contributed by atoms with Crippen molar-refractivity contribution in [2.75, 3.05) is 13.6 Å². The molecule has 0 spiro atoms. The highest BCUT2D eigenvalue weighted by atomic mass is 16.2. The van der Waals surface area contributed by atoms with E-state index >= 15 is 0 Å². The summed E-state index contributed by atoms with van der Waals surface area (Å²) in [6.07, 6.45) is 5.01. The van der Waals surface area contributed by atoms with Gasteiger partial charge in [0.25, 0.3) is 0 Å². The van der Waals surface area contributed by atoms with E-state index in [1.807, 2.05) is 0 Å². The van der Waals surface area contributed by atoms with E-state index in [1.165, 1.54) is 25.7 Å². The molecule has 0 unspecified atom stereocenters. The summed E-state index contributed by atoms with van der Waals surface area (Å²) in [4.78, 5) is 13.4. The molecule has 12 heavy (non-hydrogen) atoms. The highest BCUT2D eigenvalue weighted by molar-refractivity contribution is 5.79. The van der Waals surface area contributed by atoms with Crippen LogP contribution in [0.3, 0.4) is 0 Å². The van der Waals surface area contributed by atoms with Crippen LogP contribution < -0.4 is 5.32 Å². The van der Waals surface area contributed by atoms with Gasteiger partial charge in [-0.2, -0.15) is 0 Å². The van der Waals surface area contributed by atoms with Gasteiger partial charge in [0.15, 0.2) is 0 Å². The van der Waals surface area contributed by atoms with E-state index < -0.39 is 0 Å². The third-order valence-corrected chi connectivity index (χ3v) is 3.04. The largest absolute Gasteiger partial charge is 0.351 e. The van der Waals surface area contributed by atoms with Gasteiger partial charge in [-0.05, 0) is 19.9 Å². The molecule has 2 atom stereocenters. The van der Waals surface area contributed by atoms with E-state index in [-0.39, 0.29) is 5.91 Å². The minimum Gasteiger partial charge on any atom is -0.351 e. The first kappa shape index (κ1) is 8.05. The van der Waals surface area contributed by atoms with Crippen LogP contribution in [-0.4, -0.2) is 36.5 Å². The third kappa shape index (κ3) is 1.33. The van der Waals surface area contributed by atoms with Gasteiger partial charge in [0.05, 0.1) is 6.54 Å². The van der Waals surface area contributed by atoms with Crippen LogP contribution >= 0.6 is 0 Å². The average Bonchev–Trinajstić information content (AvgIpc) is 2.04. The zero-order chi connectivity index (χ0) is 8.55. The molecule has 0 aromatic heterocycles. The first-order valence-corrected chi connectivity index (χ1v) is 4.77. The second-order valence-corrected chi connectivity index (χ2v) is 3.94. The monoisotopic (exact) mass is 168 g/mol. The molecule has 68 valence electrons. The standard InChI is InChI=1S/C9H16N2O/c1-11-6-9(12)10-7-4-2-3-5-8(7)11/h7-8H,2-6H2,1H3,(H,10,12)/t7-,8-/m1/s1. The predicted molar refractivity (Wildman–Crippen MR) is 46.8 cm³/mol. The Labute approximate surface area is 73.1 Å². The Bertz CT molecular complexity index is 193. The number of hydrogen-bond acceptors (Lipinski definition) is 2. The number of likely N-dealkylation sites (N-methyl/N-ethyl adjacent to an activating group) is 1. The van der Waals surface area contributed by atoms with Gasteiger partial charge in [0, 0.05) is 12.1 Å². The summed E-state index contributed by atoms with van der Waals surface area (Å²) in [7, 11) is 2.06. The molecule has 1 N–H and O–H groups in total. The fourth-order valence-corrected chi connectivity index (χ4v) is 2.40.